The summed E-state index contributed by atoms with van der Waals surface area (Å²) in [4.78, 5) is 23.2. The lowest BCUT2D eigenvalue weighted by Gasteiger charge is -2.31. The van der Waals surface area contributed by atoms with Gasteiger partial charge >= 0.3 is 28.6 Å². The van der Waals surface area contributed by atoms with Gasteiger partial charge in [-0.25, -0.2) is 9.59 Å². The van der Waals surface area contributed by atoms with Crippen molar-refractivity contribution in [3.05, 3.63) is 0 Å². The lowest BCUT2D eigenvalue weighted by atomic mass is 9.82. The Morgan fingerprint density at radius 3 is 2.00 bits per heavy atom. The maximum Gasteiger partial charge on any atom is 0.697 e. The molecule has 0 radical (unpaired) electrons. The first-order chi connectivity index (χ1) is 20.1. The second kappa shape index (κ2) is 25.0. The Morgan fingerprint density at radius 1 is 0.881 bits per heavy atom. The van der Waals surface area contributed by atoms with Gasteiger partial charge in [-0.05, 0) is 49.5 Å². The Balaban J connectivity index is 0.00000107. The van der Waals surface area contributed by atoms with E-state index in [-0.39, 0.29) is 25.2 Å². The van der Waals surface area contributed by atoms with E-state index in [9.17, 15) is 18.7 Å². The van der Waals surface area contributed by atoms with Crippen LogP contribution in [0.25, 0.3) is 0 Å². The van der Waals surface area contributed by atoms with Crippen LogP contribution in [0.1, 0.15) is 105 Å². The molecule has 12 nitrogen and oxygen atoms in total. The van der Waals surface area contributed by atoms with Crippen molar-refractivity contribution < 1.29 is 56.3 Å². The summed E-state index contributed by atoms with van der Waals surface area (Å²) in [6.45, 7) is 10.3. The number of ether oxygens (including phenoxy) is 4. The average Bonchev–Trinajstić information content (AvgIpc) is 3.02. The molecule has 1 rings (SSSR count). The Kier molecular flexibility index (Phi) is 24.1. The minimum Gasteiger partial charge on any atom is -0.438 e. The highest BCUT2D eigenvalue weighted by Gasteiger charge is 2.41. The van der Waals surface area contributed by atoms with E-state index in [1.165, 1.54) is 20.0 Å². The van der Waals surface area contributed by atoms with Crippen LogP contribution in [0.15, 0.2) is 0 Å². The zero-order valence-electron chi connectivity index (χ0n) is 26.3. The Labute approximate surface area is 253 Å². The van der Waals surface area contributed by atoms with Crippen molar-refractivity contribution in [1.82, 2.24) is 0 Å². The number of aliphatic hydroxyl groups is 1. The van der Waals surface area contributed by atoms with E-state index in [0.717, 1.165) is 51.4 Å². The number of carbonyl (C=O) groups excluding carboxylic acids is 2. The Hall–Kier alpha value is -1.42. The van der Waals surface area contributed by atoms with Gasteiger partial charge < -0.3 is 24.1 Å². The van der Waals surface area contributed by atoms with Crippen molar-refractivity contribution in [2.24, 2.45) is 10.8 Å². The van der Waals surface area contributed by atoms with Crippen LogP contribution in [0.5, 0.6) is 0 Å². The van der Waals surface area contributed by atoms with Gasteiger partial charge in [0.2, 0.25) is 0 Å². The number of unbranched alkanes of at least 4 members (excludes halogenated alkanes) is 5. The summed E-state index contributed by atoms with van der Waals surface area (Å²) in [6, 6.07) is 0. The molecule has 2 atom stereocenters. The smallest absolute Gasteiger partial charge is 0.438 e. The van der Waals surface area contributed by atoms with Crippen LogP contribution >= 0.6 is 16.3 Å². The lowest BCUT2D eigenvalue weighted by Crippen LogP contribution is -2.34. The maximum atomic E-state index is 11.9. The molecule has 1 N–H and O–H groups in total. The van der Waals surface area contributed by atoms with Crippen LogP contribution in [0.3, 0.4) is 0 Å². The number of methoxy groups -OCH3 is 1. The molecule has 0 amide bonds. The summed E-state index contributed by atoms with van der Waals surface area (Å²) in [6.07, 6.45) is 9.00. The third-order valence-corrected chi connectivity index (χ3v) is 8.72. The van der Waals surface area contributed by atoms with Crippen LogP contribution in [0, 0.1) is 10.8 Å². The molecule has 2 unspecified atom stereocenters. The van der Waals surface area contributed by atoms with E-state index < -0.39 is 40.4 Å². The number of hydrogen-bond acceptors (Lipinski definition) is 12. The van der Waals surface area contributed by atoms with Crippen molar-refractivity contribution in [3.63, 3.8) is 0 Å². The standard InChI is InChI=1S/C19H36O9P.C9H18O3P/c1-4-6-11-19(5-2,14-26-17(21)24-3)15-27-18(22)25-12-9-7-8-10-13-28-29(23)16-20;1-3-5-6-9(4-2)7-11-13(10)12-8-9/h20H,4-16H2,1-3H3;3-8H2,1-2H3/q2*+1. The molecule has 1 saturated heterocycles. The molecule has 0 saturated carbocycles. The highest BCUT2D eigenvalue weighted by Crippen LogP contribution is 2.41. The summed E-state index contributed by atoms with van der Waals surface area (Å²) in [7, 11) is -2.53. The summed E-state index contributed by atoms with van der Waals surface area (Å²) < 4.78 is 56.8. The highest BCUT2D eigenvalue weighted by atomic mass is 31.1. The fourth-order valence-corrected chi connectivity index (χ4v) is 5.35. The van der Waals surface area contributed by atoms with Gasteiger partial charge in [-0.3, -0.25) is 0 Å². The Morgan fingerprint density at radius 2 is 1.48 bits per heavy atom. The van der Waals surface area contributed by atoms with Crippen molar-refractivity contribution in [3.8, 4) is 0 Å². The molecule has 14 heteroatoms. The molecular weight excluding hydrogens is 590 g/mol. The van der Waals surface area contributed by atoms with Gasteiger partial charge in [0.05, 0.1) is 13.7 Å². The predicted molar refractivity (Wildman–Crippen MR) is 159 cm³/mol. The molecule has 0 bridgehead atoms. The predicted octanol–water partition coefficient (Wildman–Crippen LogP) is 8.06. The molecule has 0 aromatic carbocycles. The van der Waals surface area contributed by atoms with Crippen molar-refractivity contribution >= 4 is 28.6 Å². The monoisotopic (exact) mass is 644 g/mol. The second-order valence-corrected chi connectivity index (χ2v) is 12.7. The quantitative estimate of drug-likeness (QED) is 0.0730. The zero-order chi connectivity index (χ0) is 31.7. The largest absolute Gasteiger partial charge is 0.697 e. The van der Waals surface area contributed by atoms with E-state index in [2.05, 4.69) is 25.5 Å². The van der Waals surface area contributed by atoms with Crippen LogP contribution in [0.4, 0.5) is 9.59 Å². The molecule has 246 valence electrons. The van der Waals surface area contributed by atoms with Gasteiger partial charge in [-0.1, -0.05) is 59.8 Å². The first kappa shape index (κ1) is 40.6. The molecular formula is C28H54O12P2+2. The van der Waals surface area contributed by atoms with E-state index in [0.29, 0.717) is 32.7 Å². The molecule has 1 fully saturated rings. The molecule has 0 aliphatic carbocycles. The number of carbonyl (C=O) groups is 2. The first-order valence-electron chi connectivity index (χ1n) is 15.1. The van der Waals surface area contributed by atoms with Crippen LogP contribution in [-0.4, -0.2) is 70.5 Å². The molecule has 1 heterocycles. The maximum absolute atomic E-state index is 11.9. The molecule has 1 aliphatic rings. The SMILES string of the molecule is CCCCC(CC)(COC(=O)OC)COC(=O)OCCCCCCO[P+](=O)CO.CCCCC1(CC)CO[P+](=O)OC1. The summed E-state index contributed by atoms with van der Waals surface area (Å²) in [5.74, 6) is 0. The van der Waals surface area contributed by atoms with E-state index in [1.54, 1.807) is 0 Å². The minimum absolute atomic E-state index is 0.111. The third kappa shape index (κ3) is 19.0. The molecule has 0 spiro atoms. The number of hydrogen-bond donors (Lipinski definition) is 1. The normalized spacial score (nSPS) is 19.1. The van der Waals surface area contributed by atoms with Gasteiger partial charge in [-0.2, -0.15) is 0 Å². The van der Waals surface area contributed by atoms with Crippen molar-refractivity contribution in [1.29, 1.82) is 0 Å². The molecule has 0 aromatic heterocycles. The topological polar surface area (TPSA) is 153 Å². The number of aliphatic hydroxyl groups excluding tert-OH is 1. The van der Waals surface area contributed by atoms with Crippen LogP contribution in [-0.2, 0) is 41.6 Å². The fraction of sp³-hybridized carbons (Fsp3) is 0.929. The molecule has 42 heavy (non-hydrogen) atoms. The van der Waals surface area contributed by atoms with Crippen LogP contribution in [0.2, 0.25) is 0 Å². The van der Waals surface area contributed by atoms with Crippen LogP contribution < -0.4 is 0 Å². The fourth-order valence-electron chi connectivity index (χ4n) is 4.10. The zero-order valence-corrected chi connectivity index (χ0v) is 28.1. The van der Waals surface area contributed by atoms with Gasteiger partial charge in [-0.15, -0.1) is 13.6 Å². The molecule has 0 aromatic rings. The third-order valence-electron chi connectivity index (χ3n) is 7.34. The number of rotatable bonds is 21. The van der Waals surface area contributed by atoms with Gasteiger partial charge in [0.15, 0.2) is 0 Å². The minimum atomic E-state index is -1.96. The van der Waals surface area contributed by atoms with E-state index in [1.807, 2.05) is 6.92 Å². The molecule has 1 aliphatic heterocycles. The highest BCUT2D eigenvalue weighted by molar-refractivity contribution is 7.38. The van der Waals surface area contributed by atoms with Gasteiger partial charge in [0.1, 0.15) is 33.0 Å². The summed E-state index contributed by atoms with van der Waals surface area (Å²) in [5, 5.41) is 8.58. The first-order valence-corrected chi connectivity index (χ1v) is 17.5. The summed E-state index contributed by atoms with van der Waals surface area (Å²) in [5.41, 5.74) is -0.335. The lowest BCUT2D eigenvalue weighted by molar-refractivity contribution is -0.0226. The second-order valence-electron chi connectivity index (χ2n) is 10.5. The Bertz CT molecular complexity index is 757. The average molecular weight is 645 g/mol. The van der Waals surface area contributed by atoms with Gasteiger partial charge in [0.25, 0.3) is 6.35 Å². The van der Waals surface area contributed by atoms with Crippen molar-refractivity contribution in [2.45, 2.75) is 105 Å². The van der Waals surface area contributed by atoms with E-state index in [4.69, 9.17) is 32.9 Å². The van der Waals surface area contributed by atoms with Gasteiger partial charge in [0, 0.05) is 15.4 Å². The van der Waals surface area contributed by atoms with E-state index >= 15 is 0 Å². The van der Waals surface area contributed by atoms with Crippen molar-refractivity contribution in [2.75, 3.05) is 53.1 Å². The summed E-state index contributed by atoms with van der Waals surface area (Å²) >= 11 is 0.